The van der Waals surface area contributed by atoms with Crippen molar-refractivity contribution in [3.8, 4) is 5.75 Å². The van der Waals surface area contributed by atoms with Crippen molar-refractivity contribution in [1.82, 2.24) is 0 Å². The van der Waals surface area contributed by atoms with Gasteiger partial charge in [-0.15, -0.1) is 11.6 Å². The zero-order valence-corrected chi connectivity index (χ0v) is 10.5. The van der Waals surface area contributed by atoms with Crippen LogP contribution >= 0.6 is 11.6 Å². The van der Waals surface area contributed by atoms with Gasteiger partial charge in [-0.2, -0.15) is 0 Å². The molecule has 3 heteroatoms. The Morgan fingerprint density at radius 3 is 2.07 bits per heavy atom. The summed E-state index contributed by atoms with van der Waals surface area (Å²) in [6, 6.07) is 6.33. The maximum Gasteiger partial charge on any atom is 0.181 e. The maximum atomic E-state index is 10.9. The van der Waals surface area contributed by atoms with Crippen LogP contribution in [0.25, 0.3) is 0 Å². The van der Waals surface area contributed by atoms with Crippen molar-refractivity contribution >= 4 is 17.4 Å². The van der Waals surface area contributed by atoms with Crippen molar-refractivity contribution in [2.45, 2.75) is 27.7 Å². The molecule has 0 heterocycles. The van der Waals surface area contributed by atoms with Gasteiger partial charge in [-0.05, 0) is 12.1 Å². The number of Topliss-reactive ketones (excluding diaryl/α,β-unsaturated/α-hetero) is 1. The first-order chi connectivity index (χ1) is 7.25. The summed E-state index contributed by atoms with van der Waals surface area (Å²) < 4.78 is 0. The SMILES string of the molecule is CC.CC.O=C(CCl)c1ccccc1O. The molecule has 15 heavy (non-hydrogen) atoms. The van der Waals surface area contributed by atoms with E-state index in [2.05, 4.69) is 0 Å². The summed E-state index contributed by atoms with van der Waals surface area (Å²) in [6.07, 6.45) is 0. The fourth-order valence-electron chi connectivity index (χ4n) is 0.781. The fraction of sp³-hybridized carbons (Fsp3) is 0.417. The zero-order valence-electron chi connectivity index (χ0n) is 9.75. The maximum absolute atomic E-state index is 10.9. The van der Waals surface area contributed by atoms with Crippen molar-refractivity contribution in [2.75, 3.05) is 5.88 Å². The lowest BCUT2D eigenvalue weighted by Crippen LogP contribution is -1.99. The third kappa shape index (κ3) is 6.13. The summed E-state index contributed by atoms with van der Waals surface area (Å²) in [7, 11) is 0. The van der Waals surface area contributed by atoms with Gasteiger partial charge in [0.15, 0.2) is 5.78 Å². The van der Waals surface area contributed by atoms with Crippen LogP contribution in [0.15, 0.2) is 24.3 Å². The molecule has 1 rings (SSSR count). The number of phenols is 1. The summed E-state index contributed by atoms with van der Waals surface area (Å²) in [4.78, 5) is 10.9. The van der Waals surface area contributed by atoms with Gasteiger partial charge in [0.1, 0.15) is 5.75 Å². The number of hydrogen-bond acceptors (Lipinski definition) is 2. The van der Waals surface area contributed by atoms with Gasteiger partial charge in [0.2, 0.25) is 0 Å². The molecule has 0 amide bonds. The number of rotatable bonds is 2. The molecule has 0 aromatic heterocycles. The lowest BCUT2D eigenvalue weighted by molar-refractivity contribution is 0.101. The summed E-state index contributed by atoms with van der Waals surface area (Å²) >= 11 is 5.30. The third-order valence-corrected chi connectivity index (χ3v) is 1.57. The van der Waals surface area contributed by atoms with E-state index in [4.69, 9.17) is 16.7 Å². The monoisotopic (exact) mass is 230 g/mol. The fourth-order valence-corrected chi connectivity index (χ4v) is 0.925. The van der Waals surface area contributed by atoms with Crippen molar-refractivity contribution in [3.63, 3.8) is 0 Å². The summed E-state index contributed by atoms with van der Waals surface area (Å²) in [5.41, 5.74) is 0.280. The van der Waals surface area contributed by atoms with Gasteiger partial charge in [-0.1, -0.05) is 39.8 Å². The van der Waals surface area contributed by atoms with E-state index in [1.807, 2.05) is 27.7 Å². The summed E-state index contributed by atoms with van der Waals surface area (Å²) in [6.45, 7) is 8.00. The molecule has 0 saturated heterocycles. The van der Waals surface area contributed by atoms with E-state index < -0.39 is 0 Å². The van der Waals surface area contributed by atoms with Crippen molar-refractivity contribution in [3.05, 3.63) is 29.8 Å². The molecule has 0 aliphatic heterocycles. The highest BCUT2D eigenvalue weighted by Crippen LogP contribution is 2.16. The van der Waals surface area contributed by atoms with Gasteiger partial charge in [-0.25, -0.2) is 0 Å². The number of carbonyl (C=O) groups is 1. The molecule has 0 bridgehead atoms. The highest BCUT2D eigenvalue weighted by Gasteiger charge is 2.07. The topological polar surface area (TPSA) is 37.3 Å². The van der Waals surface area contributed by atoms with Gasteiger partial charge < -0.3 is 5.11 Å². The number of ketones is 1. The molecule has 0 radical (unpaired) electrons. The van der Waals surface area contributed by atoms with Crippen LogP contribution in [0.2, 0.25) is 0 Å². The zero-order chi connectivity index (χ0) is 12.3. The minimum Gasteiger partial charge on any atom is -0.507 e. The van der Waals surface area contributed by atoms with E-state index in [-0.39, 0.29) is 23.0 Å². The summed E-state index contributed by atoms with van der Waals surface area (Å²) in [5.74, 6) is -0.375. The molecule has 2 nitrogen and oxygen atoms in total. The molecule has 86 valence electrons. The van der Waals surface area contributed by atoms with Crippen LogP contribution in [0.1, 0.15) is 38.1 Å². The Morgan fingerprint density at radius 1 is 1.20 bits per heavy atom. The average molecular weight is 231 g/mol. The Balaban J connectivity index is 0. The predicted octanol–water partition coefficient (Wildman–Crippen LogP) is 3.87. The lowest BCUT2D eigenvalue weighted by atomic mass is 10.1. The Hall–Kier alpha value is -1.02. The number of hydrogen-bond donors (Lipinski definition) is 1. The first-order valence-electron chi connectivity index (χ1n) is 5.13. The smallest absolute Gasteiger partial charge is 0.181 e. The molecule has 0 saturated carbocycles. The minimum atomic E-state index is -0.259. The van der Waals surface area contributed by atoms with E-state index in [9.17, 15) is 4.79 Å². The van der Waals surface area contributed by atoms with Crippen LogP contribution in [0.5, 0.6) is 5.75 Å². The van der Waals surface area contributed by atoms with Crippen LogP contribution in [0.3, 0.4) is 0 Å². The minimum absolute atomic E-state index is 0.0156. The van der Waals surface area contributed by atoms with Crippen molar-refractivity contribution < 1.29 is 9.90 Å². The Labute approximate surface area is 96.9 Å². The average Bonchev–Trinajstić information content (AvgIpc) is 2.34. The van der Waals surface area contributed by atoms with E-state index >= 15 is 0 Å². The first-order valence-corrected chi connectivity index (χ1v) is 5.66. The number of aromatic hydroxyl groups is 1. The second kappa shape index (κ2) is 11.1. The molecule has 1 N–H and O–H groups in total. The highest BCUT2D eigenvalue weighted by atomic mass is 35.5. The molecule has 0 fully saturated rings. The van der Waals surface area contributed by atoms with Crippen LogP contribution in [-0.4, -0.2) is 16.8 Å². The van der Waals surface area contributed by atoms with E-state index in [0.29, 0.717) is 0 Å². The van der Waals surface area contributed by atoms with Crippen LogP contribution in [-0.2, 0) is 0 Å². The van der Waals surface area contributed by atoms with Gasteiger partial charge in [0, 0.05) is 0 Å². The number of alkyl halides is 1. The standard InChI is InChI=1S/C8H7ClO2.2C2H6/c9-5-8(11)6-3-1-2-4-7(6)10;2*1-2/h1-4,10H,5H2;2*1-2H3. The molecule has 0 aliphatic carbocycles. The van der Waals surface area contributed by atoms with Gasteiger partial charge in [-0.3, -0.25) is 4.79 Å². The molecule has 0 unspecified atom stereocenters. The molecule has 0 atom stereocenters. The quantitative estimate of drug-likeness (QED) is 0.619. The molecule has 0 aliphatic rings. The third-order valence-electron chi connectivity index (χ3n) is 1.33. The van der Waals surface area contributed by atoms with E-state index in [1.165, 1.54) is 6.07 Å². The van der Waals surface area contributed by atoms with E-state index in [1.54, 1.807) is 18.2 Å². The molecule has 1 aromatic carbocycles. The second-order valence-corrected chi connectivity index (χ2v) is 2.34. The van der Waals surface area contributed by atoms with Gasteiger partial charge in [0.25, 0.3) is 0 Å². The number of halogens is 1. The lowest BCUT2D eigenvalue weighted by Gasteiger charge is -1.98. The van der Waals surface area contributed by atoms with Gasteiger partial charge >= 0.3 is 0 Å². The largest absolute Gasteiger partial charge is 0.507 e. The van der Waals surface area contributed by atoms with Crippen LogP contribution < -0.4 is 0 Å². The normalized spacial score (nSPS) is 7.80. The number of benzene rings is 1. The number of para-hydroxylation sites is 1. The number of carbonyl (C=O) groups excluding carboxylic acids is 1. The Bertz CT molecular complexity index is 272. The van der Waals surface area contributed by atoms with Gasteiger partial charge in [0.05, 0.1) is 11.4 Å². The van der Waals surface area contributed by atoms with E-state index in [0.717, 1.165) is 0 Å². The Kier molecular flexibility index (Phi) is 12.1. The van der Waals surface area contributed by atoms with Crippen molar-refractivity contribution in [1.29, 1.82) is 0 Å². The Morgan fingerprint density at radius 2 is 1.67 bits per heavy atom. The first kappa shape index (κ1) is 16.4. The number of phenolic OH excluding ortho intramolecular Hbond substituents is 1. The van der Waals surface area contributed by atoms with Crippen LogP contribution in [0.4, 0.5) is 0 Å². The molecular formula is C12H19ClO2. The predicted molar refractivity (Wildman–Crippen MR) is 65.9 cm³/mol. The second-order valence-electron chi connectivity index (χ2n) is 2.07. The van der Waals surface area contributed by atoms with Crippen molar-refractivity contribution in [2.24, 2.45) is 0 Å². The summed E-state index contributed by atoms with van der Waals surface area (Å²) in [5, 5.41) is 9.13. The molecule has 0 spiro atoms. The molecule has 1 aromatic rings. The highest BCUT2D eigenvalue weighted by molar-refractivity contribution is 6.30. The molecular weight excluding hydrogens is 212 g/mol. The van der Waals surface area contributed by atoms with Crippen LogP contribution in [0, 0.1) is 0 Å².